The Bertz CT molecular complexity index is 496. The molecule has 0 spiro atoms. The Morgan fingerprint density at radius 1 is 1.26 bits per heavy atom. The molecular formula is C16H18O3. The number of hydrogen-bond donors (Lipinski definition) is 0. The Hall–Kier alpha value is -1.45. The van der Waals surface area contributed by atoms with E-state index in [9.17, 15) is 4.79 Å². The molecule has 100 valence electrons. The first-order valence-electron chi connectivity index (χ1n) is 6.63. The maximum Gasteiger partial charge on any atom is 0.166 e. The molecule has 0 atom stereocenters. The molecule has 0 radical (unpaired) electrons. The fraction of sp³-hybridized carbons (Fsp3) is 0.438. The highest BCUT2D eigenvalue weighted by atomic mass is 16.7. The summed E-state index contributed by atoms with van der Waals surface area (Å²) < 4.78 is 11.2. The van der Waals surface area contributed by atoms with Gasteiger partial charge in [0, 0.05) is 18.3 Å². The molecule has 0 unspecified atom stereocenters. The van der Waals surface area contributed by atoms with Crippen molar-refractivity contribution in [1.82, 2.24) is 0 Å². The van der Waals surface area contributed by atoms with Crippen molar-refractivity contribution < 1.29 is 14.3 Å². The Morgan fingerprint density at radius 2 is 1.95 bits per heavy atom. The van der Waals surface area contributed by atoms with Gasteiger partial charge in [0.05, 0.1) is 13.2 Å². The van der Waals surface area contributed by atoms with Crippen LogP contribution in [0.5, 0.6) is 0 Å². The molecule has 0 aromatic heterocycles. The fourth-order valence-corrected chi connectivity index (χ4v) is 2.93. The Kier molecular flexibility index (Phi) is 3.03. The first-order valence-corrected chi connectivity index (χ1v) is 6.63. The Labute approximate surface area is 113 Å². The quantitative estimate of drug-likeness (QED) is 0.779. The van der Waals surface area contributed by atoms with Crippen LogP contribution in [-0.4, -0.2) is 24.8 Å². The molecule has 0 aliphatic carbocycles. The minimum Gasteiger partial charge on any atom is -0.350 e. The van der Waals surface area contributed by atoms with Gasteiger partial charge < -0.3 is 9.47 Å². The van der Waals surface area contributed by atoms with Gasteiger partial charge in [0.2, 0.25) is 0 Å². The maximum absolute atomic E-state index is 12.1. The van der Waals surface area contributed by atoms with E-state index in [1.807, 2.05) is 43.3 Å². The lowest BCUT2D eigenvalue weighted by Crippen LogP contribution is -2.31. The van der Waals surface area contributed by atoms with Crippen LogP contribution in [0, 0.1) is 5.41 Å². The van der Waals surface area contributed by atoms with Gasteiger partial charge in [0.25, 0.3) is 0 Å². The van der Waals surface area contributed by atoms with Gasteiger partial charge in [-0.15, -0.1) is 0 Å². The number of fused-ring (bicyclic) bond motifs is 2. The summed E-state index contributed by atoms with van der Waals surface area (Å²) in [6, 6.07) is 9.85. The van der Waals surface area contributed by atoms with Crippen molar-refractivity contribution in [3.8, 4) is 0 Å². The molecule has 2 saturated heterocycles. The van der Waals surface area contributed by atoms with Gasteiger partial charge in [-0.25, -0.2) is 0 Å². The van der Waals surface area contributed by atoms with Crippen molar-refractivity contribution in [1.29, 1.82) is 0 Å². The minimum atomic E-state index is -0.455. The third-order valence-electron chi connectivity index (χ3n) is 3.87. The molecule has 2 heterocycles. The number of ether oxygens (including phenoxy) is 2. The van der Waals surface area contributed by atoms with Gasteiger partial charge in [-0.05, 0) is 18.6 Å². The van der Waals surface area contributed by atoms with Gasteiger partial charge in [-0.1, -0.05) is 36.4 Å². The molecule has 2 aliphatic rings. The normalized spacial score (nSPS) is 33.1. The Balaban J connectivity index is 1.62. The van der Waals surface area contributed by atoms with E-state index >= 15 is 0 Å². The first-order chi connectivity index (χ1) is 9.09. The largest absolute Gasteiger partial charge is 0.350 e. The molecule has 0 amide bonds. The van der Waals surface area contributed by atoms with E-state index in [0.29, 0.717) is 19.6 Å². The van der Waals surface area contributed by atoms with Crippen LogP contribution in [0.1, 0.15) is 25.3 Å². The number of hydrogen-bond acceptors (Lipinski definition) is 3. The molecule has 2 aliphatic heterocycles. The lowest BCUT2D eigenvalue weighted by molar-refractivity contribution is -0.210. The van der Waals surface area contributed by atoms with E-state index in [1.54, 1.807) is 6.08 Å². The molecule has 2 bridgehead atoms. The monoisotopic (exact) mass is 258 g/mol. The Morgan fingerprint density at radius 3 is 2.53 bits per heavy atom. The minimum absolute atomic E-state index is 0.104. The van der Waals surface area contributed by atoms with Crippen molar-refractivity contribution in [2.75, 3.05) is 13.2 Å². The van der Waals surface area contributed by atoms with E-state index in [4.69, 9.17) is 9.47 Å². The smallest absolute Gasteiger partial charge is 0.166 e. The summed E-state index contributed by atoms with van der Waals surface area (Å²) in [5.74, 6) is -0.314. The van der Waals surface area contributed by atoms with Gasteiger partial charge in [-0.3, -0.25) is 4.79 Å². The summed E-state index contributed by atoms with van der Waals surface area (Å²) in [7, 11) is 0. The third kappa shape index (κ3) is 2.62. The van der Waals surface area contributed by atoms with Crippen molar-refractivity contribution in [3.63, 3.8) is 0 Å². The van der Waals surface area contributed by atoms with E-state index < -0.39 is 5.79 Å². The molecular weight excluding hydrogens is 240 g/mol. The highest BCUT2D eigenvalue weighted by molar-refractivity contribution is 5.94. The number of carbonyl (C=O) groups is 1. The van der Waals surface area contributed by atoms with Crippen LogP contribution in [0.3, 0.4) is 0 Å². The average molecular weight is 258 g/mol. The predicted octanol–water partition coefficient (Wildman–Crippen LogP) is 2.81. The van der Waals surface area contributed by atoms with Crippen LogP contribution in [-0.2, 0) is 14.3 Å². The summed E-state index contributed by atoms with van der Waals surface area (Å²) in [5, 5.41) is 0. The zero-order valence-corrected chi connectivity index (χ0v) is 11.1. The molecule has 0 N–H and O–H groups in total. The molecule has 0 saturated carbocycles. The summed E-state index contributed by atoms with van der Waals surface area (Å²) >= 11 is 0. The fourth-order valence-electron chi connectivity index (χ4n) is 2.93. The first kappa shape index (κ1) is 12.6. The van der Waals surface area contributed by atoms with Crippen molar-refractivity contribution in [2.24, 2.45) is 5.41 Å². The molecule has 19 heavy (non-hydrogen) atoms. The van der Waals surface area contributed by atoms with E-state index in [1.165, 1.54) is 0 Å². The summed E-state index contributed by atoms with van der Waals surface area (Å²) in [4.78, 5) is 12.1. The number of benzene rings is 1. The van der Waals surface area contributed by atoms with Crippen LogP contribution >= 0.6 is 0 Å². The summed E-state index contributed by atoms with van der Waals surface area (Å²) in [6.45, 7) is 3.22. The van der Waals surface area contributed by atoms with E-state index in [2.05, 4.69) is 0 Å². The van der Waals surface area contributed by atoms with E-state index in [0.717, 1.165) is 12.0 Å². The third-order valence-corrected chi connectivity index (χ3v) is 3.87. The molecule has 3 rings (SSSR count). The molecule has 1 aromatic carbocycles. The second-order valence-corrected chi connectivity index (χ2v) is 5.78. The topological polar surface area (TPSA) is 35.5 Å². The van der Waals surface area contributed by atoms with Gasteiger partial charge in [0.1, 0.15) is 0 Å². The van der Waals surface area contributed by atoms with Crippen LogP contribution < -0.4 is 0 Å². The average Bonchev–Trinajstić information content (AvgIpc) is 2.91. The number of carbonyl (C=O) groups excluding carboxylic acids is 1. The van der Waals surface area contributed by atoms with Crippen LogP contribution in [0.4, 0.5) is 0 Å². The van der Waals surface area contributed by atoms with Crippen molar-refractivity contribution in [2.45, 2.75) is 25.6 Å². The lowest BCUT2D eigenvalue weighted by Gasteiger charge is -2.25. The van der Waals surface area contributed by atoms with Gasteiger partial charge >= 0.3 is 0 Å². The molecule has 3 heteroatoms. The summed E-state index contributed by atoms with van der Waals surface area (Å²) in [5.41, 5.74) is 0.941. The van der Waals surface area contributed by atoms with Gasteiger partial charge in [-0.2, -0.15) is 0 Å². The second-order valence-electron chi connectivity index (χ2n) is 5.78. The zero-order valence-electron chi connectivity index (χ0n) is 11.1. The van der Waals surface area contributed by atoms with Crippen molar-refractivity contribution >= 4 is 11.9 Å². The molecule has 3 nitrogen and oxygen atoms in total. The molecule has 1 aromatic rings. The number of allylic oxidation sites excluding steroid dienone is 1. The summed E-state index contributed by atoms with van der Waals surface area (Å²) in [6.07, 6.45) is 4.86. The van der Waals surface area contributed by atoms with Crippen LogP contribution in [0.15, 0.2) is 36.4 Å². The highest BCUT2D eigenvalue weighted by Gasteiger charge is 2.55. The second kappa shape index (κ2) is 4.58. The standard InChI is InChI=1S/C16H18O3/c1-15-10-16(11-18-15,12-19-15)9-14(17)8-7-13-5-3-2-4-6-13/h2-8H,9-12H2,1H3/b8-7+. The van der Waals surface area contributed by atoms with Crippen LogP contribution in [0.25, 0.3) is 6.08 Å². The maximum atomic E-state index is 12.1. The van der Waals surface area contributed by atoms with E-state index in [-0.39, 0.29) is 11.2 Å². The van der Waals surface area contributed by atoms with Crippen LogP contribution in [0.2, 0.25) is 0 Å². The number of rotatable bonds is 4. The SMILES string of the molecule is CC12CC(CC(=O)/C=C/c3ccccc3)(CO1)CO2. The molecule has 2 fully saturated rings. The van der Waals surface area contributed by atoms with Crippen molar-refractivity contribution in [3.05, 3.63) is 42.0 Å². The predicted molar refractivity (Wildman–Crippen MR) is 72.5 cm³/mol. The van der Waals surface area contributed by atoms with Gasteiger partial charge in [0.15, 0.2) is 11.6 Å². The zero-order chi connectivity index (χ0) is 13.3. The number of ketones is 1. The highest BCUT2D eigenvalue weighted by Crippen LogP contribution is 2.49. The lowest BCUT2D eigenvalue weighted by atomic mass is 9.83.